The van der Waals surface area contributed by atoms with Gasteiger partial charge in [-0.3, -0.25) is 14.5 Å². The molecule has 3 heterocycles. The third-order valence-corrected chi connectivity index (χ3v) is 4.75. The van der Waals surface area contributed by atoms with Gasteiger partial charge in [-0.15, -0.1) is 11.3 Å². The van der Waals surface area contributed by atoms with Crippen LogP contribution in [0.1, 0.15) is 4.88 Å². The van der Waals surface area contributed by atoms with Crippen molar-refractivity contribution in [2.75, 3.05) is 25.6 Å². The van der Waals surface area contributed by atoms with Crippen LogP contribution in [0.4, 0.5) is 5.69 Å². The number of anilines is 1. The Balaban J connectivity index is 1.73. The minimum Gasteiger partial charge on any atom is -0.486 e. The van der Waals surface area contributed by atoms with E-state index in [0.717, 1.165) is 9.78 Å². The molecular weight excluding hydrogens is 328 g/mol. The van der Waals surface area contributed by atoms with Gasteiger partial charge in [0.05, 0.1) is 5.57 Å². The SMILES string of the molecule is CN1C(=O)C(Nc2ccc3c(c2)OCCO3)=C(c2cccs2)C1=O. The van der Waals surface area contributed by atoms with Crippen LogP contribution in [0.3, 0.4) is 0 Å². The van der Waals surface area contributed by atoms with Gasteiger partial charge in [-0.05, 0) is 23.6 Å². The van der Waals surface area contributed by atoms with Crippen molar-refractivity contribution in [1.29, 1.82) is 0 Å². The van der Waals surface area contributed by atoms with Crippen LogP contribution in [0, 0.1) is 0 Å². The van der Waals surface area contributed by atoms with Gasteiger partial charge in [-0.2, -0.15) is 0 Å². The Labute approximate surface area is 142 Å². The first-order chi connectivity index (χ1) is 11.6. The number of rotatable bonds is 3. The Morgan fingerprint density at radius 3 is 2.62 bits per heavy atom. The Morgan fingerprint density at radius 2 is 1.88 bits per heavy atom. The second kappa shape index (κ2) is 5.68. The van der Waals surface area contributed by atoms with E-state index in [1.54, 1.807) is 18.2 Å². The summed E-state index contributed by atoms with van der Waals surface area (Å²) in [6.07, 6.45) is 0. The highest BCUT2D eigenvalue weighted by atomic mass is 32.1. The standard InChI is InChI=1S/C17H14N2O4S/c1-19-16(20)14(13-3-2-8-24-13)15(17(19)21)18-10-4-5-11-12(9-10)23-7-6-22-11/h2-5,8-9,18H,6-7H2,1H3. The number of ether oxygens (including phenoxy) is 2. The third kappa shape index (κ3) is 2.33. The van der Waals surface area contributed by atoms with E-state index in [1.165, 1.54) is 18.4 Å². The van der Waals surface area contributed by atoms with Gasteiger partial charge in [0.2, 0.25) is 0 Å². The lowest BCUT2D eigenvalue weighted by Gasteiger charge is -2.19. The number of carbonyl (C=O) groups is 2. The van der Waals surface area contributed by atoms with E-state index in [9.17, 15) is 9.59 Å². The summed E-state index contributed by atoms with van der Waals surface area (Å²) in [5.74, 6) is 0.639. The molecule has 2 amide bonds. The number of benzene rings is 1. The summed E-state index contributed by atoms with van der Waals surface area (Å²) in [5, 5.41) is 4.95. The number of amides is 2. The van der Waals surface area contributed by atoms with Crippen molar-refractivity contribution in [3.8, 4) is 11.5 Å². The number of fused-ring (bicyclic) bond motifs is 1. The summed E-state index contributed by atoms with van der Waals surface area (Å²) in [5.41, 5.74) is 1.34. The zero-order valence-corrected chi connectivity index (χ0v) is 13.7. The maximum absolute atomic E-state index is 12.4. The molecule has 24 heavy (non-hydrogen) atoms. The van der Waals surface area contributed by atoms with E-state index in [-0.39, 0.29) is 17.5 Å². The molecule has 0 spiro atoms. The van der Waals surface area contributed by atoms with Gasteiger partial charge in [0.1, 0.15) is 18.9 Å². The van der Waals surface area contributed by atoms with Crippen LogP contribution in [-0.2, 0) is 9.59 Å². The van der Waals surface area contributed by atoms with Gasteiger partial charge in [-0.25, -0.2) is 0 Å². The first-order valence-electron chi connectivity index (χ1n) is 7.42. The number of imide groups is 1. The predicted molar refractivity (Wildman–Crippen MR) is 90.1 cm³/mol. The summed E-state index contributed by atoms with van der Waals surface area (Å²) in [6.45, 7) is 1.00. The van der Waals surface area contributed by atoms with E-state index < -0.39 is 0 Å². The van der Waals surface area contributed by atoms with Gasteiger partial charge in [0.15, 0.2) is 11.5 Å². The molecule has 0 atom stereocenters. The first-order valence-corrected chi connectivity index (χ1v) is 8.30. The highest BCUT2D eigenvalue weighted by molar-refractivity contribution is 7.11. The lowest BCUT2D eigenvalue weighted by Crippen LogP contribution is -2.27. The lowest BCUT2D eigenvalue weighted by atomic mass is 10.1. The largest absolute Gasteiger partial charge is 0.486 e. The molecule has 0 radical (unpaired) electrons. The number of nitrogens with one attached hydrogen (secondary N) is 1. The zero-order valence-electron chi connectivity index (χ0n) is 12.9. The fraction of sp³-hybridized carbons (Fsp3) is 0.176. The molecule has 2 aliphatic heterocycles. The van der Waals surface area contributed by atoms with Crippen LogP contribution in [0.15, 0.2) is 41.4 Å². The van der Waals surface area contributed by atoms with Crippen molar-refractivity contribution in [2.45, 2.75) is 0 Å². The number of thiophene rings is 1. The Morgan fingerprint density at radius 1 is 1.08 bits per heavy atom. The fourth-order valence-corrected chi connectivity index (χ4v) is 3.44. The van der Waals surface area contributed by atoms with Gasteiger partial charge in [0, 0.05) is 23.7 Å². The Kier molecular flexibility index (Phi) is 3.50. The number of hydrogen-bond acceptors (Lipinski definition) is 6. The molecule has 0 unspecified atom stereocenters. The van der Waals surface area contributed by atoms with Crippen molar-refractivity contribution < 1.29 is 19.1 Å². The van der Waals surface area contributed by atoms with Gasteiger partial charge in [0.25, 0.3) is 11.8 Å². The summed E-state index contributed by atoms with van der Waals surface area (Å²) in [6, 6.07) is 9.03. The molecule has 1 aromatic heterocycles. The predicted octanol–water partition coefficient (Wildman–Crippen LogP) is 2.34. The zero-order chi connectivity index (χ0) is 16.7. The molecule has 0 saturated heterocycles. The number of hydrogen-bond donors (Lipinski definition) is 1. The number of carbonyl (C=O) groups excluding carboxylic acids is 2. The number of nitrogens with zero attached hydrogens (tertiary/aromatic N) is 1. The average molecular weight is 342 g/mol. The summed E-state index contributed by atoms with van der Waals surface area (Å²) < 4.78 is 11.0. The van der Waals surface area contributed by atoms with Crippen molar-refractivity contribution in [2.24, 2.45) is 0 Å². The maximum Gasteiger partial charge on any atom is 0.277 e. The van der Waals surface area contributed by atoms with E-state index in [1.807, 2.05) is 17.5 Å². The first kappa shape index (κ1) is 14.8. The van der Waals surface area contributed by atoms with Gasteiger partial charge in [-0.1, -0.05) is 6.07 Å². The minimum absolute atomic E-state index is 0.279. The molecule has 6 nitrogen and oxygen atoms in total. The topological polar surface area (TPSA) is 67.9 Å². The average Bonchev–Trinajstić information content (AvgIpc) is 3.19. The van der Waals surface area contributed by atoms with Crippen LogP contribution < -0.4 is 14.8 Å². The molecule has 2 aliphatic rings. The highest BCUT2D eigenvalue weighted by Crippen LogP contribution is 2.35. The summed E-state index contributed by atoms with van der Waals surface area (Å²) in [4.78, 5) is 26.7. The Hall–Kier alpha value is -2.80. The number of likely N-dealkylation sites (N-methyl/N-ethyl adjacent to an activating group) is 1. The van der Waals surface area contributed by atoms with Crippen LogP contribution in [0.5, 0.6) is 11.5 Å². The van der Waals surface area contributed by atoms with Crippen LogP contribution in [-0.4, -0.2) is 37.0 Å². The lowest BCUT2D eigenvalue weighted by molar-refractivity contribution is -0.135. The molecule has 1 aromatic carbocycles. The summed E-state index contributed by atoms with van der Waals surface area (Å²) in [7, 11) is 1.48. The van der Waals surface area contributed by atoms with Crippen molar-refractivity contribution in [1.82, 2.24) is 4.90 Å². The van der Waals surface area contributed by atoms with Crippen LogP contribution >= 0.6 is 11.3 Å². The summed E-state index contributed by atoms with van der Waals surface area (Å²) >= 11 is 1.42. The molecule has 0 saturated carbocycles. The Bertz CT molecular complexity index is 857. The minimum atomic E-state index is -0.349. The van der Waals surface area contributed by atoms with Crippen LogP contribution in [0.25, 0.3) is 5.57 Å². The molecular formula is C17H14N2O4S. The smallest absolute Gasteiger partial charge is 0.277 e. The molecule has 2 aromatic rings. The molecule has 1 N–H and O–H groups in total. The molecule has 7 heteroatoms. The monoisotopic (exact) mass is 342 g/mol. The second-order valence-electron chi connectivity index (χ2n) is 5.38. The molecule has 122 valence electrons. The molecule has 0 bridgehead atoms. The van der Waals surface area contributed by atoms with Gasteiger partial charge < -0.3 is 14.8 Å². The molecule has 4 rings (SSSR count). The normalized spacial score (nSPS) is 16.8. The van der Waals surface area contributed by atoms with E-state index in [2.05, 4.69) is 5.32 Å². The fourth-order valence-electron chi connectivity index (χ4n) is 2.67. The van der Waals surface area contributed by atoms with Crippen molar-refractivity contribution in [3.05, 3.63) is 46.3 Å². The van der Waals surface area contributed by atoms with E-state index in [4.69, 9.17) is 9.47 Å². The van der Waals surface area contributed by atoms with Crippen molar-refractivity contribution in [3.63, 3.8) is 0 Å². The maximum atomic E-state index is 12.4. The quantitative estimate of drug-likeness (QED) is 0.867. The van der Waals surface area contributed by atoms with Gasteiger partial charge >= 0.3 is 0 Å². The van der Waals surface area contributed by atoms with E-state index >= 15 is 0 Å². The second-order valence-corrected chi connectivity index (χ2v) is 6.33. The van der Waals surface area contributed by atoms with E-state index in [0.29, 0.717) is 36.0 Å². The van der Waals surface area contributed by atoms with Crippen LogP contribution in [0.2, 0.25) is 0 Å². The molecule has 0 aliphatic carbocycles. The third-order valence-electron chi connectivity index (χ3n) is 3.87. The molecule has 0 fully saturated rings. The highest BCUT2D eigenvalue weighted by Gasteiger charge is 2.37. The van der Waals surface area contributed by atoms with Crippen molar-refractivity contribution >= 4 is 34.4 Å².